The Morgan fingerprint density at radius 1 is 1.32 bits per heavy atom. The van der Waals surface area contributed by atoms with Crippen molar-refractivity contribution in [1.29, 1.82) is 0 Å². The molecule has 0 aliphatic heterocycles. The summed E-state index contributed by atoms with van der Waals surface area (Å²) >= 11 is 0. The molecule has 1 saturated carbocycles. The van der Waals surface area contributed by atoms with Crippen molar-refractivity contribution in [2.24, 2.45) is 17.1 Å². The Kier molecular flexibility index (Phi) is 4.25. The van der Waals surface area contributed by atoms with E-state index in [4.69, 9.17) is 5.73 Å². The Bertz CT molecular complexity index is 437. The molecular formula is C16H24N2O. The average Bonchev–Trinajstić information content (AvgIpc) is 2.76. The van der Waals surface area contributed by atoms with Crippen molar-refractivity contribution in [2.45, 2.75) is 46.2 Å². The second-order valence-electron chi connectivity index (χ2n) is 6.17. The van der Waals surface area contributed by atoms with Gasteiger partial charge in [-0.15, -0.1) is 0 Å². The quantitative estimate of drug-likeness (QED) is 0.874. The summed E-state index contributed by atoms with van der Waals surface area (Å²) in [6.45, 7) is 5.56. The maximum atomic E-state index is 12.2. The average molecular weight is 260 g/mol. The standard InChI is InChI=1S/C16H24N2O/c1-16(2)9-3-4-14(16)15(19)18-11-13-7-5-12(10-17)6-8-13/h5-8,14H,3-4,9-11,17H2,1-2H3,(H,18,19). The lowest BCUT2D eigenvalue weighted by Gasteiger charge is -2.25. The highest BCUT2D eigenvalue weighted by Crippen LogP contribution is 2.42. The molecule has 3 heteroatoms. The van der Waals surface area contributed by atoms with E-state index in [0.717, 1.165) is 30.4 Å². The normalized spacial score (nSPS) is 21.3. The van der Waals surface area contributed by atoms with Gasteiger partial charge in [0, 0.05) is 19.0 Å². The Morgan fingerprint density at radius 2 is 1.95 bits per heavy atom. The van der Waals surface area contributed by atoms with Crippen LogP contribution in [0.25, 0.3) is 0 Å². The van der Waals surface area contributed by atoms with E-state index in [0.29, 0.717) is 13.1 Å². The molecule has 0 bridgehead atoms. The van der Waals surface area contributed by atoms with Crippen LogP contribution in [0.1, 0.15) is 44.2 Å². The van der Waals surface area contributed by atoms with Crippen LogP contribution in [0.15, 0.2) is 24.3 Å². The van der Waals surface area contributed by atoms with Crippen LogP contribution in [0.4, 0.5) is 0 Å². The molecule has 1 fully saturated rings. The van der Waals surface area contributed by atoms with Crippen molar-refractivity contribution in [2.75, 3.05) is 0 Å². The summed E-state index contributed by atoms with van der Waals surface area (Å²) in [6, 6.07) is 8.09. The molecule has 0 spiro atoms. The molecule has 3 nitrogen and oxygen atoms in total. The van der Waals surface area contributed by atoms with Crippen LogP contribution in [-0.4, -0.2) is 5.91 Å². The van der Waals surface area contributed by atoms with Gasteiger partial charge in [-0.25, -0.2) is 0 Å². The first-order valence-electron chi connectivity index (χ1n) is 7.08. The van der Waals surface area contributed by atoms with Gasteiger partial charge in [0.2, 0.25) is 5.91 Å². The minimum absolute atomic E-state index is 0.146. The fourth-order valence-corrected chi connectivity index (χ4v) is 2.92. The van der Waals surface area contributed by atoms with Gasteiger partial charge in [0.05, 0.1) is 0 Å². The van der Waals surface area contributed by atoms with E-state index < -0.39 is 0 Å². The highest BCUT2D eigenvalue weighted by atomic mass is 16.1. The third kappa shape index (κ3) is 3.35. The SMILES string of the molecule is CC1(C)CCCC1C(=O)NCc1ccc(CN)cc1. The minimum atomic E-state index is 0.146. The van der Waals surface area contributed by atoms with Crippen LogP contribution in [0.2, 0.25) is 0 Å². The first-order chi connectivity index (χ1) is 9.03. The molecule has 1 atom stereocenters. The zero-order valence-corrected chi connectivity index (χ0v) is 11.9. The number of nitrogens with two attached hydrogens (primary N) is 1. The van der Waals surface area contributed by atoms with E-state index in [-0.39, 0.29) is 17.2 Å². The van der Waals surface area contributed by atoms with E-state index in [1.807, 2.05) is 24.3 Å². The molecule has 1 amide bonds. The van der Waals surface area contributed by atoms with Gasteiger partial charge in [-0.2, -0.15) is 0 Å². The Labute approximate surface area is 115 Å². The minimum Gasteiger partial charge on any atom is -0.352 e. The van der Waals surface area contributed by atoms with Crippen LogP contribution in [0.5, 0.6) is 0 Å². The monoisotopic (exact) mass is 260 g/mol. The van der Waals surface area contributed by atoms with Gasteiger partial charge in [-0.05, 0) is 29.4 Å². The molecule has 104 valence electrons. The number of carbonyl (C=O) groups is 1. The molecular weight excluding hydrogens is 236 g/mol. The lowest BCUT2D eigenvalue weighted by molar-refractivity contribution is -0.127. The Hall–Kier alpha value is -1.35. The first-order valence-corrected chi connectivity index (χ1v) is 7.08. The van der Waals surface area contributed by atoms with Crippen molar-refractivity contribution in [3.63, 3.8) is 0 Å². The van der Waals surface area contributed by atoms with E-state index >= 15 is 0 Å². The summed E-state index contributed by atoms with van der Waals surface area (Å²) in [5, 5.41) is 3.06. The van der Waals surface area contributed by atoms with Crippen molar-refractivity contribution in [1.82, 2.24) is 5.32 Å². The highest BCUT2D eigenvalue weighted by Gasteiger charge is 2.38. The van der Waals surface area contributed by atoms with Crippen LogP contribution >= 0.6 is 0 Å². The van der Waals surface area contributed by atoms with E-state index in [1.165, 1.54) is 0 Å². The number of hydrogen-bond acceptors (Lipinski definition) is 2. The number of hydrogen-bond donors (Lipinski definition) is 2. The number of nitrogens with one attached hydrogen (secondary N) is 1. The molecule has 0 heterocycles. The molecule has 0 saturated heterocycles. The number of amides is 1. The van der Waals surface area contributed by atoms with Crippen molar-refractivity contribution in [3.05, 3.63) is 35.4 Å². The van der Waals surface area contributed by atoms with Gasteiger partial charge in [-0.1, -0.05) is 44.5 Å². The molecule has 19 heavy (non-hydrogen) atoms. The van der Waals surface area contributed by atoms with E-state index in [2.05, 4.69) is 19.2 Å². The third-order valence-electron chi connectivity index (χ3n) is 4.30. The Balaban J connectivity index is 1.89. The molecule has 1 aliphatic carbocycles. The lowest BCUT2D eigenvalue weighted by atomic mass is 9.81. The summed E-state index contributed by atoms with van der Waals surface area (Å²) in [5.41, 5.74) is 7.96. The van der Waals surface area contributed by atoms with Crippen LogP contribution in [0.3, 0.4) is 0 Å². The van der Waals surface area contributed by atoms with Gasteiger partial charge in [0.1, 0.15) is 0 Å². The van der Waals surface area contributed by atoms with Gasteiger partial charge in [0.15, 0.2) is 0 Å². The molecule has 0 aromatic heterocycles. The molecule has 1 aliphatic rings. The summed E-state index contributed by atoms with van der Waals surface area (Å²) < 4.78 is 0. The van der Waals surface area contributed by atoms with Crippen LogP contribution in [-0.2, 0) is 17.9 Å². The van der Waals surface area contributed by atoms with E-state index in [9.17, 15) is 4.79 Å². The van der Waals surface area contributed by atoms with Crippen molar-refractivity contribution in [3.8, 4) is 0 Å². The topological polar surface area (TPSA) is 55.1 Å². The van der Waals surface area contributed by atoms with Crippen LogP contribution < -0.4 is 11.1 Å². The number of carbonyl (C=O) groups excluding carboxylic acids is 1. The van der Waals surface area contributed by atoms with Crippen molar-refractivity contribution >= 4 is 5.91 Å². The lowest BCUT2D eigenvalue weighted by Crippen LogP contribution is -2.35. The van der Waals surface area contributed by atoms with Gasteiger partial charge >= 0.3 is 0 Å². The molecule has 1 unspecified atom stereocenters. The zero-order valence-electron chi connectivity index (χ0n) is 11.9. The molecule has 3 N–H and O–H groups in total. The smallest absolute Gasteiger partial charge is 0.223 e. The largest absolute Gasteiger partial charge is 0.352 e. The predicted molar refractivity (Wildman–Crippen MR) is 77.3 cm³/mol. The number of rotatable bonds is 4. The van der Waals surface area contributed by atoms with Gasteiger partial charge in [0.25, 0.3) is 0 Å². The summed E-state index contributed by atoms with van der Waals surface area (Å²) in [6.07, 6.45) is 3.33. The fourth-order valence-electron chi connectivity index (χ4n) is 2.92. The van der Waals surface area contributed by atoms with Gasteiger partial charge in [-0.3, -0.25) is 4.79 Å². The van der Waals surface area contributed by atoms with Gasteiger partial charge < -0.3 is 11.1 Å². The summed E-state index contributed by atoms with van der Waals surface area (Å²) in [5.74, 6) is 0.362. The first kappa shape index (κ1) is 14.1. The van der Waals surface area contributed by atoms with E-state index in [1.54, 1.807) is 0 Å². The second-order valence-corrected chi connectivity index (χ2v) is 6.17. The third-order valence-corrected chi connectivity index (χ3v) is 4.30. The molecule has 1 aromatic rings. The summed E-state index contributed by atoms with van der Waals surface area (Å²) in [7, 11) is 0. The highest BCUT2D eigenvalue weighted by molar-refractivity contribution is 5.79. The molecule has 1 aromatic carbocycles. The summed E-state index contributed by atoms with van der Waals surface area (Å²) in [4.78, 5) is 12.2. The predicted octanol–water partition coefficient (Wildman–Crippen LogP) is 2.59. The Morgan fingerprint density at radius 3 is 2.47 bits per heavy atom. The second kappa shape index (κ2) is 5.74. The number of benzene rings is 1. The molecule has 0 radical (unpaired) electrons. The maximum Gasteiger partial charge on any atom is 0.223 e. The maximum absolute atomic E-state index is 12.2. The van der Waals surface area contributed by atoms with Crippen LogP contribution in [0, 0.1) is 11.3 Å². The zero-order chi connectivity index (χ0) is 13.9. The van der Waals surface area contributed by atoms with Crippen molar-refractivity contribution < 1.29 is 4.79 Å². The molecule has 2 rings (SSSR count). The fraction of sp³-hybridized carbons (Fsp3) is 0.562.